The number of hydrogen-bond donors (Lipinski definition) is 0. The SMILES string of the molecule is C=Cc1ccccc1-c1cccc(OCCCCCCCCCCCCCC)c1. The van der Waals surface area contributed by atoms with Gasteiger partial charge in [0, 0.05) is 0 Å². The third kappa shape index (κ3) is 9.35. The zero-order chi connectivity index (χ0) is 20.6. The first kappa shape index (κ1) is 23.3. The number of rotatable bonds is 16. The van der Waals surface area contributed by atoms with Gasteiger partial charge in [0.05, 0.1) is 6.61 Å². The van der Waals surface area contributed by atoms with E-state index in [1.807, 2.05) is 6.08 Å². The Morgan fingerprint density at radius 2 is 1.34 bits per heavy atom. The van der Waals surface area contributed by atoms with Gasteiger partial charge in [0.25, 0.3) is 0 Å². The number of benzene rings is 2. The van der Waals surface area contributed by atoms with E-state index in [4.69, 9.17) is 4.74 Å². The second kappa shape index (κ2) is 14.9. The maximum Gasteiger partial charge on any atom is 0.119 e. The minimum absolute atomic E-state index is 0.810. The van der Waals surface area contributed by atoms with Crippen LogP contribution in [-0.4, -0.2) is 6.61 Å². The van der Waals surface area contributed by atoms with Gasteiger partial charge in [-0.3, -0.25) is 0 Å². The van der Waals surface area contributed by atoms with Gasteiger partial charge >= 0.3 is 0 Å². The maximum absolute atomic E-state index is 6.01. The van der Waals surface area contributed by atoms with E-state index in [1.165, 1.54) is 81.8 Å². The summed E-state index contributed by atoms with van der Waals surface area (Å²) in [4.78, 5) is 0. The van der Waals surface area contributed by atoms with Crippen LogP contribution in [0.5, 0.6) is 5.75 Å². The summed E-state index contributed by atoms with van der Waals surface area (Å²) < 4.78 is 6.01. The molecule has 158 valence electrons. The van der Waals surface area contributed by atoms with Crippen molar-refractivity contribution < 1.29 is 4.74 Å². The molecule has 29 heavy (non-hydrogen) atoms. The molecule has 2 aromatic rings. The van der Waals surface area contributed by atoms with Gasteiger partial charge in [-0.15, -0.1) is 0 Å². The summed E-state index contributed by atoms with van der Waals surface area (Å²) in [6.07, 6.45) is 18.4. The van der Waals surface area contributed by atoms with Gasteiger partial charge in [-0.25, -0.2) is 0 Å². The minimum Gasteiger partial charge on any atom is -0.494 e. The summed E-state index contributed by atoms with van der Waals surface area (Å²) >= 11 is 0. The zero-order valence-corrected chi connectivity index (χ0v) is 18.5. The van der Waals surface area contributed by atoms with Crippen LogP contribution in [0.4, 0.5) is 0 Å². The predicted molar refractivity (Wildman–Crippen MR) is 129 cm³/mol. The van der Waals surface area contributed by atoms with Gasteiger partial charge < -0.3 is 4.74 Å². The van der Waals surface area contributed by atoms with Crippen molar-refractivity contribution in [1.29, 1.82) is 0 Å². The first-order valence-electron chi connectivity index (χ1n) is 11.8. The number of ether oxygens (including phenoxy) is 1. The highest BCUT2D eigenvalue weighted by atomic mass is 16.5. The second-order valence-electron chi connectivity index (χ2n) is 8.06. The van der Waals surface area contributed by atoms with Gasteiger partial charge in [-0.05, 0) is 35.2 Å². The minimum atomic E-state index is 0.810. The predicted octanol–water partition coefficient (Wildman–Crippen LogP) is 9.08. The molecule has 0 aliphatic carbocycles. The van der Waals surface area contributed by atoms with E-state index < -0.39 is 0 Å². The average molecular weight is 393 g/mol. The van der Waals surface area contributed by atoms with Crippen LogP contribution in [0.15, 0.2) is 55.1 Å². The quantitative estimate of drug-likeness (QED) is 0.259. The van der Waals surface area contributed by atoms with E-state index in [0.717, 1.165) is 24.3 Å². The van der Waals surface area contributed by atoms with Crippen molar-refractivity contribution in [3.8, 4) is 16.9 Å². The molecule has 0 amide bonds. The van der Waals surface area contributed by atoms with Gasteiger partial charge in [0.1, 0.15) is 5.75 Å². The summed E-state index contributed by atoms with van der Waals surface area (Å²) in [6, 6.07) is 16.8. The van der Waals surface area contributed by atoms with Gasteiger partial charge in [-0.1, -0.05) is 127 Å². The van der Waals surface area contributed by atoms with Crippen molar-refractivity contribution in [1.82, 2.24) is 0 Å². The van der Waals surface area contributed by atoms with Crippen molar-refractivity contribution >= 4 is 6.08 Å². The van der Waals surface area contributed by atoms with Crippen LogP contribution in [0.2, 0.25) is 0 Å². The molecule has 0 aromatic heterocycles. The fourth-order valence-corrected chi connectivity index (χ4v) is 3.82. The third-order valence-corrected chi connectivity index (χ3v) is 5.59. The van der Waals surface area contributed by atoms with E-state index in [1.54, 1.807) is 0 Å². The molecule has 0 bridgehead atoms. The van der Waals surface area contributed by atoms with Crippen LogP contribution in [0, 0.1) is 0 Å². The third-order valence-electron chi connectivity index (χ3n) is 5.59. The topological polar surface area (TPSA) is 9.23 Å². The molecule has 0 unspecified atom stereocenters. The van der Waals surface area contributed by atoms with Gasteiger partial charge in [0.2, 0.25) is 0 Å². The van der Waals surface area contributed by atoms with Gasteiger partial charge in [-0.2, -0.15) is 0 Å². The Balaban J connectivity index is 1.57. The molecule has 0 N–H and O–H groups in total. The first-order chi connectivity index (χ1) is 14.3. The van der Waals surface area contributed by atoms with Crippen molar-refractivity contribution in [2.45, 2.75) is 84.0 Å². The lowest BCUT2D eigenvalue weighted by atomic mass is 10.00. The fraction of sp³-hybridized carbons (Fsp3) is 0.500. The van der Waals surface area contributed by atoms with Crippen LogP contribution >= 0.6 is 0 Å². The first-order valence-corrected chi connectivity index (χ1v) is 11.8. The maximum atomic E-state index is 6.01. The molecule has 2 rings (SSSR count). The van der Waals surface area contributed by atoms with E-state index >= 15 is 0 Å². The van der Waals surface area contributed by atoms with Crippen LogP contribution < -0.4 is 4.74 Å². The summed E-state index contributed by atoms with van der Waals surface area (Å²) in [7, 11) is 0. The standard InChI is InChI=1S/C28H40O/c1-3-5-6-7-8-9-10-11-12-13-14-17-23-29-27-21-18-20-26(24-27)28-22-16-15-19-25(28)4-2/h4,15-16,18-22,24H,2-3,5-14,17,23H2,1H3. The molecule has 0 spiro atoms. The van der Waals surface area contributed by atoms with Crippen molar-refractivity contribution in [2.75, 3.05) is 6.61 Å². The summed E-state index contributed by atoms with van der Waals surface area (Å²) in [5, 5.41) is 0. The Hall–Kier alpha value is -2.02. The Morgan fingerprint density at radius 3 is 2.00 bits per heavy atom. The lowest BCUT2D eigenvalue weighted by Gasteiger charge is -2.10. The van der Waals surface area contributed by atoms with Crippen LogP contribution in [0.25, 0.3) is 17.2 Å². The number of unbranched alkanes of at least 4 members (excludes halogenated alkanes) is 11. The van der Waals surface area contributed by atoms with E-state index in [-0.39, 0.29) is 0 Å². The fourth-order valence-electron chi connectivity index (χ4n) is 3.82. The molecule has 0 fully saturated rings. The smallest absolute Gasteiger partial charge is 0.119 e. The molecule has 0 saturated heterocycles. The largest absolute Gasteiger partial charge is 0.494 e. The molecule has 0 aliphatic heterocycles. The molecule has 1 heteroatoms. The number of hydrogen-bond acceptors (Lipinski definition) is 1. The normalized spacial score (nSPS) is 10.8. The van der Waals surface area contributed by atoms with Crippen molar-refractivity contribution in [3.63, 3.8) is 0 Å². The molecule has 0 heterocycles. The second-order valence-corrected chi connectivity index (χ2v) is 8.06. The van der Waals surface area contributed by atoms with Crippen LogP contribution in [0.3, 0.4) is 0 Å². The van der Waals surface area contributed by atoms with E-state index in [0.29, 0.717) is 0 Å². The van der Waals surface area contributed by atoms with Crippen LogP contribution in [0.1, 0.15) is 89.5 Å². The molecule has 0 radical (unpaired) electrons. The highest BCUT2D eigenvalue weighted by molar-refractivity contribution is 5.75. The van der Waals surface area contributed by atoms with E-state index in [9.17, 15) is 0 Å². The molecule has 1 nitrogen and oxygen atoms in total. The average Bonchev–Trinajstić information content (AvgIpc) is 2.77. The van der Waals surface area contributed by atoms with Crippen LogP contribution in [-0.2, 0) is 0 Å². The van der Waals surface area contributed by atoms with Crippen molar-refractivity contribution in [2.24, 2.45) is 0 Å². The molecule has 2 aromatic carbocycles. The van der Waals surface area contributed by atoms with Crippen molar-refractivity contribution in [3.05, 3.63) is 60.7 Å². The lowest BCUT2D eigenvalue weighted by Crippen LogP contribution is -1.97. The Kier molecular flexibility index (Phi) is 12.0. The monoisotopic (exact) mass is 392 g/mol. The Bertz CT molecular complexity index is 688. The lowest BCUT2D eigenvalue weighted by molar-refractivity contribution is 0.304. The zero-order valence-electron chi connectivity index (χ0n) is 18.5. The molecule has 0 atom stereocenters. The van der Waals surface area contributed by atoms with Gasteiger partial charge in [0.15, 0.2) is 0 Å². The van der Waals surface area contributed by atoms with E-state index in [2.05, 4.69) is 62.0 Å². The summed E-state index contributed by atoms with van der Waals surface area (Å²) in [5.41, 5.74) is 3.55. The summed E-state index contributed by atoms with van der Waals surface area (Å²) in [5.74, 6) is 0.962. The Morgan fingerprint density at radius 1 is 0.724 bits per heavy atom. The molecular weight excluding hydrogens is 352 g/mol. The highest BCUT2D eigenvalue weighted by Crippen LogP contribution is 2.27. The summed E-state index contributed by atoms with van der Waals surface area (Å²) in [6.45, 7) is 7.02. The molecule has 0 saturated carbocycles. The highest BCUT2D eigenvalue weighted by Gasteiger charge is 2.03. The molecular formula is C28H40O. The molecule has 0 aliphatic rings. The Labute approximate surface area is 179 Å².